The van der Waals surface area contributed by atoms with Crippen molar-refractivity contribution in [2.45, 2.75) is 37.7 Å². The average Bonchev–Trinajstić information content (AvgIpc) is 2.82. The Labute approximate surface area is 120 Å². The minimum atomic E-state index is -0.810. The van der Waals surface area contributed by atoms with Crippen LogP contribution in [0.4, 0.5) is 0 Å². The summed E-state index contributed by atoms with van der Waals surface area (Å²) in [4.78, 5) is 12.1. The molecule has 3 aliphatic carbocycles. The fourth-order valence-electron chi connectivity index (χ4n) is 4.43. The van der Waals surface area contributed by atoms with E-state index in [2.05, 4.69) is 13.2 Å². The van der Waals surface area contributed by atoms with Gasteiger partial charge in [0.1, 0.15) is 0 Å². The molecule has 0 aromatic rings. The van der Waals surface area contributed by atoms with Crippen LogP contribution >= 0.6 is 0 Å². The lowest BCUT2D eigenvalue weighted by atomic mass is 9.60. The second-order valence-corrected chi connectivity index (χ2v) is 6.43. The lowest BCUT2D eigenvalue weighted by molar-refractivity contribution is -0.147. The molecular weight excluding hydrogens is 252 g/mol. The second kappa shape index (κ2) is 4.59. The lowest BCUT2D eigenvalue weighted by Gasteiger charge is -2.47. The molecule has 4 atom stereocenters. The zero-order chi connectivity index (χ0) is 14.5. The van der Waals surface area contributed by atoms with Gasteiger partial charge in [0, 0.05) is 11.8 Å². The number of carbonyl (C=O) groups is 1. The summed E-state index contributed by atoms with van der Waals surface area (Å²) in [6, 6.07) is 0. The van der Waals surface area contributed by atoms with E-state index in [1.807, 2.05) is 6.08 Å². The fraction of sp³-hybridized carbons (Fsp3) is 0.588. The first kappa shape index (κ1) is 13.6. The van der Waals surface area contributed by atoms with Gasteiger partial charge < -0.3 is 9.84 Å². The van der Waals surface area contributed by atoms with Crippen molar-refractivity contribution in [2.75, 3.05) is 7.11 Å². The molecule has 1 N–H and O–H groups in total. The van der Waals surface area contributed by atoms with Crippen LogP contribution in [0.25, 0.3) is 0 Å². The van der Waals surface area contributed by atoms with E-state index in [1.165, 1.54) is 7.11 Å². The molecular formula is C17H22O3. The minimum absolute atomic E-state index is 0.0276. The molecule has 2 fully saturated rings. The molecule has 3 nitrogen and oxygen atoms in total. The molecule has 108 valence electrons. The Kier molecular flexibility index (Phi) is 3.13. The van der Waals surface area contributed by atoms with Crippen molar-refractivity contribution < 1.29 is 14.6 Å². The number of carbonyl (C=O) groups excluding carboxylic acids is 1. The maximum atomic E-state index is 12.1. The van der Waals surface area contributed by atoms with Gasteiger partial charge in [-0.3, -0.25) is 4.79 Å². The van der Waals surface area contributed by atoms with E-state index in [0.29, 0.717) is 6.42 Å². The molecule has 0 bridgehead atoms. The Hall–Kier alpha value is -1.35. The van der Waals surface area contributed by atoms with Gasteiger partial charge in [0.05, 0.1) is 18.6 Å². The van der Waals surface area contributed by atoms with Gasteiger partial charge in [-0.2, -0.15) is 0 Å². The first-order chi connectivity index (χ1) is 9.47. The Bertz CT molecular complexity index is 516. The molecule has 0 radical (unpaired) electrons. The highest BCUT2D eigenvalue weighted by molar-refractivity contribution is 5.75. The summed E-state index contributed by atoms with van der Waals surface area (Å²) in [6.45, 7) is 8.19. The molecule has 0 saturated heterocycles. The average molecular weight is 274 g/mol. The first-order valence-electron chi connectivity index (χ1n) is 7.35. The number of aliphatic hydroxyl groups is 1. The maximum absolute atomic E-state index is 12.1. The van der Waals surface area contributed by atoms with Crippen molar-refractivity contribution in [1.82, 2.24) is 0 Å². The third kappa shape index (κ3) is 1.80. The molecule has 3 aliphatic rings. The normalized spacial score (nSPS) is 39.9. The standard InChI is InChI=1S/C17H22O3/c1-10-7-13(16(18)20-3)12-9-11(2)14-5-4-6-17(14,19)15(12)8-10/h8,12-14,19H,1-2,4-7,9H2,3H3/t12-,13-,14-,17-/m1/s1. The zero-order valence-corrected chi connectivity index (χ0v) is 12.0. The Morgan fingerprint density at radius 2 is 2.20 bits per heavy atom. The fourth-order valence-corrected chi connectivity index (χ4v) is 4.43. The van der Waals surface area contributed by atoms with Crippen LogP contribution in [0.15, 0.2) is 36.0 Å². The predicted molar refractivity (Wildman–Crippen MR) is 76.9 cm³/mol. The van der Waals surface area contributed by atoms with Crippen molar-refractivity contribution in [2.24, 2.45) is 17.8 Å². The van der Waals surface area contributed by atoms with Crippen molar-refractivity contribution in [1.29, 1.82) is 0 Å². The Morgan fingerprint density at radius 1 is 1.45 bits per heavy atom. The molecule has 0 spiro atoms. The molecule has 0 aromatic heterocycles. The number of fused-ring (bicyclic) bond motifs is 3. The number of methoxy groups -OCH3 is 1. The van der Waals surface area contributed by atoms with Crippen LogP contribution in [0.5, 0.6) is 0 Å². The Morgan fingerprint density at radius 3 is 2.90 bits per heavy atom. The highest BCUT2D eigenvalue weighted by Crippen LogP contribution is 2.56. The number of hydrogen-bond acceptors (Lipinski definition) is 3. The van der Waals surface area contributed by atoms with E-state index >= 15 is 0 Å². The molecule has 0 unspecified atom stereocenters. The van der Waals surface area contributed by atoms with Crippen LogP contribution in [0.1, 0.15) is 32.1 Å². The van der Waals surface area contributed by atoms with Crippen molar-refractivity contribution in [3.63, 3.8) is 0 Å². The number of rotatable bonds is 1. The zero-order valence-electron chi connectivity index (χ0n) is 12.0. The lowest BCUT2D eigenvalue weighted by Crippen LogP contribution is -2.47. The summed E-state index contributed by atoms with van der Waals surface area (Å²) in [5, 5.41) is 11.1. The van der Waals surface area contributed by atoms with Crippen LogP contribution in [-0.4, -0.2) is 23.8 Å². The largest absolute Gasteiger partial charge is 0.469 e. The highest BCUT2D eigenvalue weighted by atomic mass is 16.5. The van der Waals surface area contributed by atoms with Crippen LogP contribution in [0.2, 0.25) is 0 Å². The molecule has 20 heavy (non-hydrogen) atoms. The molecule has 3 rings (SSSR count). The number of hydrogen-bond donors (Lipinski definition) is 1. The summed E-state index contributed by atoms with van der Waals surface area (Å²) in [7, 11) is 1.42. The highest BCUT2D eigenvalue weighted by Gasteiger charge is 2.54. The van der Waals surface area contributed by atoms with Gasteiger partial charge >= 0.3 is 5.97 Å². The molecule has 2 saturated carbocycles. The third-order valence-corrected chi connectivity index (χ3v) is 5.33. The van der Waals surface area contributed by atoms with Gasteiger partial charge in [0.25, 0.3) is 0 Å². The predicted octanol–water partition coefficient (Wildman–Crippen LogP) is 2.77. The second-order valence-electron chi connectivity index (χ2n) is 6.43. The quantitative estimate of drug-likeness (QED) is 0.591. The molecule has 0 heterocycles. The van der Waals surface area contributed by atoms with E-state index in [-0.39, 0.29) is 23.7 Å². The van der Waals surface area contributed by atoms with Gasteiger partial charge in [-0.15, -0.1) is 0 Å². The molecule has 0 amide bonds. The van der Waals surface area contributed by atoms with Crippen LogP contribution in [-0.2, 0) is 9.53 Å². The molecule has 0 aliphatic heterocycles. The van der Waals surface area contributed by atoms with Gasteiger partial charge in [0.2, 0.25) is 0 Å². The Balaban J connectivity index is 2.04. The van der Waals surface area contributed by atoms with Crippen molar-refractivity contribution in [3.8, 4) is 0 Å². The third-order valence-electron chi connectivity index (χ3n) is 5.33. The monoisotopic (exact) mass is 274 g/mol. The van der Waals surface area contributed by atoms with Crippen molar-refractivity contribution in [3.05, 3.63) is 36.0 Å². The van der Waals surface area contributed by atoms with Gasteiger partial charge in [-0.05, 0) is 37.7 Å². The topological polar surface area (TPSA) is 46.5 Å². The number of allylic oxidation sites excluding steroid dienone is 2. The summed E-state index contributed by atoms with van der Waals surface area (Å²) in [5.74, 6) is -0.251. The maximum Gasteiger partial charge on any atom is 0.309 e. The summed E-state index contributed by atoms with van der Waals surface area (Å²) in [5.41, 5.74) is 2.20. The van der Waals surface area contributed by atoms with Gasteiger partial charge in [0.15, 0.2) is 0 Å². The smallest absolute Gasteiger partial charge is 0.309 e. The minimum Gasteiger partial charge on any atom is -0.469 e. The van der Waals surface area contributed by atoms with Crippen LogP contribution < -0.4 is 0 Å². The van der Waals surface area contributed by atoms with Crippen LogP contribution in [0, 0.1) is 17.8 Å². The van der Waals surface area contributed by atoms with E-state index in [0.717, 1.165) is 42.4 Å². The van der Waals surface area contributed by atoms with E-state index < -0.39 is 5.60 Å². The SMILES string of the molecule is C=C1C=C2[C@H](CC(=C)[C@H]3CCC[C@]23O)[C@H](C(=O)OC)C1. The summed E-state index contributed by atoms with van der Waals surface area (Å²) in [6.07, 6.45) is 6.20. The summed E-state index contributed by atoms with van der Waals surface area (Å²) < 4.78 is 4.95. The van der Waals surface area contributed by atoms with Crippen molar-refractivity contribution >= 4 is 5.97 Å². The number of ether oxygens (including phenoxy) is 1. The van der Waals surface area contributed by atoms with Gasteiger partial charge in [-0.1, -0.05) is 30.4 Å². The van der Waals surface area contributed by atoms with Crippen LogP contribution in [0.3, 0.4) is 0 Å². The molecule has 0 aromatic carbocycles. The van der Waals surface area contributed by atoms with E-state index in [1.54, 1.807) is 0 Å². The van der Waals surface area contributed by atoms with E-state index in [4.69, 9.17) is 4.74 Å². The molecule has 3 heteroatoms. The summed E-state index contributed by atoms with van der Waals surface area (Å²) >= 11 is 0. The van der Waals surface area contributed by atoms with E-state index in [9.17, 15) is 9.90 Å². The first-order valence-corrected chi connectivity index (χ1v) is 7.35. The van der Waals surface area contributed by atoms with Gasteiger partial charge in [-0.25, -0.2) is 0 Å². The number of esters is 1.